The van der Waals surface area contributed by atoms with Crippen molar-refractivity contribution in [2.75, 3.05) is 13.2 Å². The molecule has 1 aliphatic heterocycles. The minimum Gasteiger partial charge on any atom is -0.464 e. The molecule has 16 heavy (non-hydrogen) atoms. The maximum absolute atomic E-state index is 11.8. The molecule has 0 fully saturated rings. The smallest absolute Gasteiger partial charge is 0.302 e. The fourth-order valence-corrected chi connectivity index (χ4v) is 1.66. The van der Waals surface area contributed by atoms with Gasteiger partial charge in [-0.15, -0.1) is 0 Å². The molecule has 0 saturated carbocycles. The Labute approximate surface area is 93.0 Å². The Morgan fingerprint density at radius 3 is 3.12 bits per heavy atom. The summed E-state index contributed by atoms with van der Waals surface area (Å²) in [6.07, 6.45) is 1.67. The van der Waals surface area contributed by atoms with Gasteiger partial charge in [-0.05, 0) is 12.1 Å². The van der Waals surface area contributed by atoms with Crippen LogP contribution in [0.25, 0.3) is 0 Å². The number of amides is 1. The van der Waals surface area contributed by atoms with Gasteiger partial charge in [-0.1, -0.05) is 0 Å². The standard InChI is InChI=1S/C11H12N2O3/c1-8(14)16-6-5-13-7-10-9(11(13)15)3-2-4-12-10/h2-4H,5-7H2,1H3. The van der Waals surface area contributed by atoms with Gasteiger partial charge in [0.2, 0.25) is 0 Å². The second kappa shape index (κ2) is 4.30. The van der Waals surface area contributed by atoms with Crippen LogP contribution in [0.3, 0.4) is 0 Å². The number of hydrogen-bond acceptors (Lipinski definition) is 4. The Morgan fingerprint density at radius 1 is 1.62 bits per heavy atom. The quantitative estimate of drug-likeness (QED) is 0.700. The molecule has 0 spiro atoms. The molecule has 0 atom stereocenters. The summed E-state index contributed by atoms with van der Waals surface area (Å²) < 4.78 is 4.80. The van der Waals surface area contributed by atoms with Crippen LogP contribution in [0.4, 0.5) is 0 Å². The number of nitrogens with zero attached hydrogens (tertiary/aromatic N) is 2. The van der Waals surface area contributed by atoms with E-state index in [9.17, 15) is 9.59 Å². The van der Waals surface area contributed by atoms with Gasteiger partial charge in [0.05, 0.1) is 24.3 Å². The summed E-state index contributed by atoms with van der Waals surface area (Å²) in [7, 11) is 0. The first-order chi connectivity index (χ1) is 7.68. The molecule has 2 heterocycles. The molecule has 0 bridgehead atoms. The fourth-order valence-electron chi connectivity index (χ4n) is 1.66. The van der Waals surface area contributed by atoms with Crippen molar-refractivity contribution in [1.29, 1.82) is 0 Å². The summed E-state index contributed by atoms with van der Waals surface area (Å²) in [5, 5.41) is 0. The molecule has 5 nitrogen and oxygen atoms in total. The number of carbonyl (C=O) groups excluding carboxylic acids is 2. The highest BCUT2D eigenvalue weighted by molar-refractivity contribution is 5.97. The lowest BCUT2D eigenvalue weighted by Gasteiger charge is -2.14. The number of rotatable bonds is 3. The second-order valence-electron chi connectivity index (χ2n) is 3.56. The van der Waals surface area contributed by atoms with Crippen molar-refractivity contribution in [1.82, 2.24) is 9.88 Å². The lowest BCUT2D eigenvalue weighted by molar-refractivity contribution is -0.141. The van der Waals surface area contributed by atoms with Gasteiger partial charge in [0, 0.05) is 13.1 Å². The van der Waals surface area contributed by atoms with Crippen molar-refractivity contribution in [2.45, 2.75) is 13.5 Å². The van der Waals surface area contributed by atoms with Crippen LogP contribution < -0.4 is 0 Å². The predicted octanol–water partition coefficient (Wildman–Crippen LogP) is 0.600. The third-order valence-electron chi connectivity index (χ3n) is 2.42. The second-order valence-corrected chi connectivity index (χ2v) is 3.56. The normalized spacial score (nSPS) is 13.8. The Bertz CT molecular complexity index is 431. The van der Waals surface area contributed by atoms with Gasteiger partial charge >= 0.3 is 5.97 Å². The number of aromatic nitrogens is 1. The van der Waals surface area contributed by atoms with Crippen molar-refractivity contribution < 1.29 is 14.3 Å². The van der Waals surface area contributed by atoms with Gasteiger partial charge in [-0.2, -0.15) is 0 Å². The van der Waals surface area contributed by atoms with Crippen molar-refractivity contribution in [3.05, 3.63) is 29.6 Å². The van der Waals surface area contributed by atoms with Gasteiger partial charge in [0.15, 0.2) is 0 Å². The van der Waals surface area contributed by atoms with Crippen molar-refractivity contribution >= 4 is 11.9 Å². The SMILES string of the molecule is CC(=O)OCCN1Cc2ncccc2C1=O. The van der Waals surface area contributed by atoms with Gasteiger partial charge in [-0.25, -0.2) is 0 Å². The lowest BCUT2D eigenvalue weighted by atomic mass is 10.2. The molecule has 0 unspecified atom stereocenters. The molecule has 1 aliphatic rings. The fraction of sp³-hybridized carbons (Fsp3) is 0.364. The molecule has 5 heteroatoms. The first-order valence-corrected chi connectivity index (χ1v) is 5.05. The Kier molecular flexibility index (Phi) is 2.85. The van der Waals surface area contributed by atoms with E-state index >= 15 is 0 Å². The molecule has 84 valence electrons. The molecule has 0 aromatic carbocycles. The highest BCUT2D eigenvalue weighted by atomic mass is 16.5. The summed E-state index contributed by atoms with van der Waals surface area (Å²) in [5.41, 5.74) is 1.43. The molecular weight excluding hydrogens is 208 g/mol. The molecule has 2 rings (SSSR count). The van der Waals surface area contributed by atoms with Gasteiger partial charge in [0.25, 0.3) is 5.91 Å². The Morgan fingerprint density at radius 2 is 2.44 bits per heavy atom. The average molecular weight is 220 g/mol. The van der Waals surface area contributed by atoms with Crippen LogP contribution >= 0.6 is 0 Å². The van der Waals surface area contributed by atoms with Crippen LogP contribution in [-0.2, 0) is 16.1 Å². The third kappa shape index (κ3) is 2.03. The zero-order valence-electron chi connectivity index (χ0n) is 8.97. The monoisotopic (exact) mass is 220 g/mol. The minimum atomic E-state index is -0.331. The molecule has 1 aromatic rings. The van der Waals surface area contributed by atoms with Crippen molar-refractivity contribution in [3.63, 3.8) is 0 Å². The summed E-state index contributed by atoms with van der Waals surface area (Å²) in [4.78, 5) is 28.2. The van der Waals surface area contributed by atoms with E-state index in [2.05, 4.69) is 4.98 Å². The lowest BCUT2D eigenvalue weighted by Crippen LogP contribution is -2.28. The summed E-state index contributed by atoms with van der Waals surface area (Å²) in [5.74, 6) is -0.377. The van der Waals surface area contributed by atoms with E-state index in [0.29, 0.717) is 18.7 Å². The van der Waals surface area contributed by atoms with Gasteiger partial charge < -0.3 is 9.64 Å². The van der Waals surface area contributed by atoms with Crippen LogP contribution in [0.1, 0.15) is 23.0 Å². The molecule has 0 aliphatic carbocycles. The van der Waals surface area contributed by atoms with Gasteiger partial charge in [0.1, 0.15) is 6.61 Å². The number of hydrogen-bond donors (Lipinski definition) is 0. The predicted molar refractivity (Wildman–Crippen MR) is 55.6 cm³/mol. The zero-order valence-corrected chi connectivity index (χ0v) is 8.97. The zero-order chi connectivity index (χ0) is 11.5. The molecule has 1 aromatic heterocycles. The van der Waals surface area contributed by atoms with E-state index in [1.54, 1.807) is 23.2 Å². The maximum Gasteiger partial charge on any atom is 0.302 e. The molecule has 0 N–H and O–H groups in total. The Balaban J connectivity index is 1.97. The van der Waals surface area contributed by atoms with E-state index in [1.165, 1.54) is 6.92 Å². The first-order valence-electron chi connectivity index (χ1n) is 5.05. The van der Waals surface area contributed by atoms with E-state index < -0.39 is 0 Å². The average Bonchev–Trinajstić information content (AvgIpc) is 2.56. The van der Waals surface area contributed by atoms with Crippen LogP contribution in [0, 0.1) is 0 Å². The van der Waals surface area contributed by atoms with E-state index in [0.717, 1.165) is 5.69 Å². The maximum atomic E-state index is 11.8. The number of pyridine rings is 1. The number of fused-ring (bicyclic) bond motifs is 1. The van der Waals surface area contributed by atoms with Crippen molar-refractivity contribution in [2.24, 2.45) is 0 Å². The Hall–Kier alpha value is -1.91. The van der Waals surface area contributed by atoms with E-state index in [1.807, 2.05) is 0 Å². The van der Waals surface area contributed by atoms with Crippen LogP contribution in [0.15, 0.2) is 18.3 Å². The number of ether oxygens (including phenoxy) is 1. The third-order valence-corrected chi connectivity index (χ3v) is 2.42. The first kappa shape index (κ1) is 10.6. The molecule has 0 saturated heterocycles. The van der Waals surface area contributed by atoms with Crippen LogP contribution in [0.5, 0.6) is 0 Å². The molecule has 1 amide bonds. The van der Waals surface area contributed by atoms with Crippen LogP contribution in [0.2, 0.25) is 0 Å². The number of carbonyl (C=O) groups is 2. The molecule has 0 radical (unpaired) electrons. The largest absolute Gasteiger partial charge is 0.464 e. The topological polar surface area (TPSA) is 59.5 Å². The summed E-state index contributed by atoms with van der Waals surface area (Å²) in [6.45, 7) is 2.49. The highest BCUT2D eigenvalue weighted by Crippen LogP contribution is 2.19. The summed E-state index contributed by atoms with van der Waals surface area (Å²) >= 11 is 0. The van der Waals surface area contributed by atoms with E-state index in [4.69, 9.17) is 4.74 Å². The van der Waals surface area contributed by atoms with Gasteiger partial charge in [-0.3, -0.25) is 14.6 Å². The molecular formula is C11H12N2O3. The summed E-state index contributed by atoms with van der Waals surface area (Å²) in [6, 6.07) is 3.50. The highest BCUT2D eigenvalue weighted by Gasteiger charge is 2.27. The number of esters is 1. The van der Waals surface area contributed by atoms with Crippen molar-refractivity contribution in [3.8, 4) is 0 Å². The minimum absolute atomic E-state index is 0.0461. The van der Waals surface area contributed by atoms with Crippen LogP contribution in [-0.4, -0.2) is 34.9 Å². The van der Waals surface area contributed by atoms with E-state index in [-0.39, 0.29) is 18.5 Å².